The van der Waals surface area contributed by atoms with Crippen LogP contribution in [-0.2, 0) is 13.0 Å². The molecule has 0 saturated carbocycles. The molecule has 0 aliphatic carbocycles. The van der Waals surface area contributed by atoms with Gasteiger partial charge in [0.1, 0.15) is 5.56 Å². The van der Waals surface area contributed by atoms with Crippen molar-refractivity contribution in [3.8, 4) is 17.1 Å². The van der Waals surface area contributed by atoms with Crippen LogP contribution in [-0.4, -0.2) is 40.4 Å². The molecule has 2 N–H and O–H groups in total. The predicted molar refractivity (Wildman–Crippen MR) is 123 cm³/mol. The van der Waals surface area contributed by atoms with Crippen molar-refractivity contribution >= 4 is 17.1 Å². The van der Waals surface area contributed by atoms with Gasteiger partial charge in [-0.2, -0.15) is 10.1 Å². The zero-order valence-electron chi connectivity index (χ0n) is 17.8. The Kier molecular flexibility index (Phi) is 5.06. The van der Waals surface area contributed by atoms with Gasteiger partial charge in [-0.25, -0.2) is 14.5 Å². The second-order valence-electron chi connectivity index (χ2n) is 7.59. The van der Waals surface area contributed by atoms with E-state index in [1.165, 1.54) is 10.9 Å². The number of fused-ring (bicyclic) bond motifs is 1. The number of rotatable bonds is 6. The second-order valence-corrected chi connectivity index (χ2v) is 7.59. The van der Waals surface area contributed by atoms with E-state index in [4.69, 9.17) is 0 Å². The number of hydrogen-bond acceptors (Lipinski definition) is 5. The molecule has 0 atom stereocenters. The Bertz CT molecular complexity index is 1510. The third-order valence-corrected chi connectivity index (χ3v) is 5.46. The topological polar surface area (TPSA) is 119 Å². The molecule has 0 amide bonds. The molecule has 9 nitrogen and oxygen atoms in total. The van der Waals surface area contributed by atoms with Gasteiger partial charge in [0.25, 0.3) is 5.56 Å². The van der Waals surface area contributed by atoms with Crippen molar-refractivity contribution in [2.45, 2.75) is 19.9 Å². The number of nitrogens with zero attached hydrogens (tertiary/aromatic N) is 5. The van der Waals surface area contributed by atoms with Crippen molar-refractivity contribution in [2.75, 3.05) is 0 Å². The van der Waals surface area contributed by atoms with Crippen LogP contribution >= 0.6 is 0 Å². The normalized spacial score (nSPS) is 11.2. The number of hydrogen-bond donors (Lipinski definition) is 2. The standard InChI is InChI=1S/C24H20N6O3/c1-2-19-18(23(32)33)13-30(28-19)24-26-21-20(22(31)27-24)29(14-25-21)12-15-8-10-17(11-9-15)16-6-4-3-5-7-16/h3-11,13-14H,2,12H2,1H3,(H,32,33)(H,26,27,31). The first-order chi connectivity index (χ1) is 16.0. The van der Waals surface area contributed by atoms with E-state index in [1.807, 2.05) is 49.4 Å². The summed E-state index contributed by atoms with van der Waals surface area (Å²) >= 11 is 0. The van der Waals surface area contributed by atoms with E-state index >= 15 is 0 Å². The summed E-state index contributed by atoms with van der Waals surface area (Å²) in [5.74, 6) is -0.962. The number of carboxylic acid groups (broad SMARTS) is 1. The molecule has 0 bridgehead atoms. The van der Waals surface area contributed by atoms with Crippen LogP contribution in [0.4, 0.5) is 0 Å². The average molecular weight is 440 g/mol. The number of aromatic carboxylic acids is 1. The Morgan fingerprint density at radius 1 is 1.06 bits per heavy atom. The minimum Gasteiger partial charge on any atom is -0.478 e. The fourth-order valence-corrected chi connectivity index (χ4v) is 3.79. The van der Waals surface area contributed by atoms with Crippen LogP contribution in [0.15, 0.2) is 71.9 Å². The predicted octanol–water partition coefficient (Wildman–Crippen LogP) is 3.28. The summed E-state index contributed by atoms with van der Waals surface area (Å²) in [5, 5.41) is 13.6. The number of aromatic amines is 1. The fourth-order valence-electron chi connectivity index (χ4n) is 3.79. The highest BCUT2D eigenvalue weighted by Gasteiger charge is 2.17. The maximum absolute atomic E-state index is 12.9. The number of aryl methyl sites for hydroxylation is 1. The number of benzene rings is 2. The molecule has 5 aromatic rings. The highest BCUT2D eigenvalue weighted by atomic mass is 16.4. The molecule has 164 valence electrons. The molecule has 0 spiro atoms. The molecule has 0 aliphatic heterocycles. The first kappa shape index (κ1) is 20.4. The lowest BCUT2D eigenvalue weighted by atomic mass is 10.0. The zero-order valence-corrected chi connectivity index (χ0v) is 17.8. The molecule has 5 rings (SSSR count). The summed E-state index contributed by atoms with van der Waals surface area (Å²) in [5.41, 5.74) is 3.99. The van der Waals surface area contributed by atoms with Gasteiger partial charge in [0.15, 0.2) is 11.2 Å². The first-order valence-electron chi connectivity index (χ1n) is 10.4. The van der Waals surface area contributed by atoms with Gasteiger partial charge in [-0.05, 0) is 23.1 Å². The molecule has 3 heterocycles. The largest absolute Gasteiger partial charge is 0.478 e. The van der Waals surface area contributed by atoms with Crippen molar-refractivity contribution in [3.63, 3.8) is 0 Å². The van der Waals surface area contributed by atoms with Gasteiger partial charge in [-0.3, -0.25) is 9.78 Å². The van der Waals surface area contributed by atoms with E-state index in [0.717, 1.165) is 16.7 Å². The van der Waals surface area contributed by atoms with Crippen molar-refractivity contribution in [1.29, 1.82) is 0 Å². The third-order valence-electron chi connectivity index (χ3n) is 5.46. The lowest BCUT2D eigenvalue weighted by molar-refractivity contribution is 0.0695. The minimum absolute atomic E-state index is 0.0738. The smallest absolute Gasteiger partial charge is 0.339 e. The molecular formula is C24H20N6O3. The molecule has 9 heteroatoms. The van der Waals surface area contributed by atoms with Crippen LogP contribution in [0.1, 0.15) is 28.5 Å². The molecule has 0 fully saturated rings. The summed E-state index contributed by atoms with van der Waals surface area (Å²) in [6.45, 7) is 2.27. The number of nitrogens with one attached hydrogen (secondary N) is 1. The van der Waals surface area contributed by atoms with Gasteiger partial charge >= 0.3 is 5.97 Å². The van der Waals surface area contributed by atoms with Crippen molar-refractivity contribution < 1.29 is 9.90 Å². The highest BCUT2D eigenvalue weighted by Crippen LogP contribution is 2.20. The van der Waals surface area contributed by atoms with Crippen LogP contribution in [0.2, 0.25) is 0 Å². The zero-order chi connectivity index (χ0) is 22.9. The van der Waals surface area contributed by atoms with Crippen LogP contribution < -0.4 is 5.56 Å². The van der Waals surface area contributed by atoms with Gasteiger partial charge in [0, 0.05) is 12.7 Å². The Balaban J connectivity index is 1.46. The van der Waals surface area contributed by atoms with E-state index < -0.39 is 5.97 Å². The highest BCUT2D eigenvalue weighted by molar-refractivity contribution is 5.88. The Morgan fingerprint density at radius 2 is 1.79 bits per heavy atom. The van der Waals surface area contributed by atoms with Gasteiger partial charge in [-0.1, -0.05) is 61.5 Å². The SMILES string of the molecule is CCc1nn(-c2nc3ncn(Cc4ccc(-c5ccccc5)cc4)c3c(=O)[nH]2)cc1C(=O)O. The Hall–Kier alpha value is -4.53. The lowest BCUT2D eigenvalue weighted by Gasteiger charge is -2.07. The van der Waals surface area contributed by atoms with Crippen LogP contribution in [0.25, 0.3) is 28.2 Å². The molecule has 3 aromatic heterocycles. The second kappa shape index (κ2) is 8.19. The summed E-state index contributed by atoms with van der Waals surface area (Å²) in [6.07, 6.45) is 3.36. The Labute approximate surface area is 188 Å². The average Bonchev–Trinajstić information content (AvgIpc) is 3.45. The lowest BCUT2D eigenvalue weighted by Crippen LogP contribution is -2.16. The van der Waals surface area contributed by atoms with Gasteiger partial charge in [-0.15, -0.1) is 0 Å². The summed E-state index contributed by atoms with van der Waals surface area (Å²) < 4.78 is 3.01. The molecule has 0 unspecified atom stereocenters. The minimum atomic E-state index is -1.08. The van der Waals surface area contributed by atoms with Crippen LogP contribution in [0.3, 0.4) is 0 Å². The van der Waals surface area contributed by atoms with E-state index in [9.17, 15) is 14.7 Å². The molecule has 2 aromatic carbocycles. The van der Waals surface area contributed by atoms with E-state index in [0.29, 0.717) is 24.2 Å². The van der Waals surface area contributed by atoms with Crippen LogP contribution in [0, 0.1) is 0 Å². The van der Waals surface area contributed by atoms with Crippen LogP contribution in [0.5, 0.6) is 0 Å². The molecule has 0 saturated heterocycles. The Morgan fingerprint density at radius 3 is 2.45 bits per heavy atom. The van der Waals surface area contributed by atoms with Crippen molar-refractivity contribution in [1.82, 2.24) is 29.3 Å². The number of carbonyl (C=O) groups is 1. The third kappa shape index (κ3) is 3.80. The number of H-pyrrole nitrogens is 1. The van der Waals surface area contributed by atoms with E-state index in [-0.39, 0.29) is 22.7 Å². The van der Waals surface area contributed by atoms with E-state index in [2.05, 4.69) is 32.2 Å². The molecule has 33 heavy (non-hydrogen) atoms. The summed E-state index contributed by atoms with van der Waals surface area (Å²) in [6, 6.07) is 18.3. The molecular weight excluding hydrogens is 420 g/mol. The monoisotopic (exact) mass is 440 g/mol. The summed E-state index contributed by atoms with van der Waals surface area (Å²) in [7, 11) is 0. The quantitative estimate of drug-likeness (QED) is 0.418. The maximum Gasteiger partial charge on any atom is 0.339 e. The number of imidazole rings is 1. The van der Waals surface area contributed by atoms with Crippen molar-refractivity contribution in [2.24, 2.45) is 0 Å². The molecule has 0 aliphatic rings. The molecule has 0 radical (unpaired) electrons. The van der Waals surface area contributed by atoms with Gasteiger partial charge < -0.3 is 9.67 Å². The fraction of sp³-hybridized carbons (Fsp3) is 0.125. The number of aromatic nitrogens is 6. The van der Waals surface area contributed by atoms with Gasteiger partial charge in [0.05, 0.1) is 12.0 Å². The van der Waals surface area contributed by atoms with Crippen molar-refractivity contribution in [3.05, 3.63) is 94.3 Å². The maximum atomic E-state index is 12.9. The number of carboxylic acids is 1. The van der Waals surface area contributed by atoms with E-state index in [1.54, 1.807) is 10.9 Å². The first-order valence-corrected chi connectivity index (χ1v) is 10.4. The summed E-state index contributed by atoms with van der Waals surface area (Å²) in [4.78, 5) is 35.7. The van der Waals surface area contributed by atoms with Gasteiger partial charge in [0.2, 0.25) is 5.95 Å².